The molecule has 1 aliphatic rings. The Bertz CT molecular complexity index is 499. The maximum absolute atomic E-state index is 10.8. The van der Waals surface area contributed by atoms with E-state index < -0.39 is 0 Å². The van der Waals surface area contributed by atoms with E-state index in [1.54, 1.807) is 6.20 Å². The van der Waals surface area contributed by atoms with E-state index in [9.17, 15) is 4.79 Å². The Morgan fingerprint density at radius 2 is 2.36 bits per heavy atom. The fourth-order valence-electron chi connectivity index (χ4n) is 1.75. The molecule has 3 rings (SSSR count). The minimum Gasteiger partial charge on any atom is -0.317 e. The summed E-state index contributed by atoms with van der Waals surface area (Å²) in [5.41, 5.74) is 1.64. The second-order valence-electron chi connectivity index (χ2n) is 3.54. The monoisotopic (exact) mass is 187 g/mol. The lowest BCUT2D eigenvalue weighted by Gasteiger charge is -2.01. The number of aldehydes is 1. The van der Waals surface area contributed by atoms with Crippen molar-refractivity contribution in [3.63, 3.8) is 0 Å². The van der Waals surface area contributed by atoms with Crippen LogP contribution in [0, 0.1) is 0 Å². The highest BCUT2D eigenvalue weighted by molar-refractivity contribution is 5.80. The van der Waals surface area contributed by atoms with Crippen LogP contribution in [0.2, 0.25) is 0 Å². The maximum atomic E-state index is 10.8. The van der Waals surface area contributed by atoms with Gasteiger partial charge >= 0.3 is 0 Å². The van der Waals surface area contributed by atoms with Crippen LogP contribution in [0.15, 0.2) is 18.3 Å². The zero-order valence-electron chi connectivity index (χ0n) is 7.55. The van der Waals surface area contributed by atoms with Crippen LogP contribution in [-0.4, -0.2) is 20.8 Å². The normalized spacial score (nSPS) is 16.0. The first-order valence-corrected chi connectivity index (χ1v) is 4.68. The van der Waals surface area contributed by atoms with E-state index >= 15 is 0 Å². The summed E-state index contributed by atoms with van der Waals surface area (Å²) in [6.45, 7) is 0. The van der Waals surface area contributed by atoms with Crippen molar-refractivity contribution in [2.75, 3.05) is 0 Å². The summed E-state index contributed by atoms with van der Waals surface area (Å²) in [5.74, 6) is 0.501. The van der Waals surface area contributed by atoms with Crippen LogP contribution in [0.25, 0.3) is 11.2 Å². The van der Waals surface area contributed by atoms with Gasteiger partial charge in [-0.25, -0.2) is 9.97 Å². The van der Waals surface area contributed by atoms with E-state index in [-0.39, 0.29) is 0 Å². The molecule has 2 aromatic heterocycles. The Morgan fingerprint density at radius 1 is 1.50 bits per heavy atom. The Hall–Kier alpha value is -1.71. The molecule has 0 atom stereocenters. The van der Waals surface area contributed by atoms with Crippen molar-refractivity contribution in [2.24, 2.45) is 0 Å². The minimum absolute atomic E-state index is 0.462. The van der Waals surface area contributed by atoms with E-state index in [1.807, 2.05) is 16.7 Å². The molecule has 70 valence electrons. The molecule has 4 nitrogen and oxygen atoms in total. The fourth-order valence-corrected chi connectivity index (χ4v) is 1.75. The molecule has 2 heterocycles. The highest BCUT2D eigenvalue weighted by Crippen LogP contribution is 2.37. The molecule has 0 spiro atoms. The molecule has 1 saturated carbocycles. The number of carbonyl (C=O) groups is 1. The molecule has 0 unspecified atom stereocenters. The number of nitrogens with zero attached hydrogens (tertiary/aromatic N) is 3. The molecule has 2 aromatic rings. The van der Waals surface area contributed by atoms with E-state index in [2.05, 4.69) is 9.97 Å². The van der Waals surface area contributed by atoms with Gasteiger partial charge in [-0.1, -0.05) is 0 Å². The molecule has 1 fully saturated rings. The second kappa shape index (κ2) is 2.64. The highest BCUT2D eigenvalue weighted by atomic mass is 16.1. The summed E-state index contributed by atoms with van der Waals surface area (Å²) < 4.78 is 2.00. The lowest BCUT2D eigenvalue weighted by molar-refractivity contribution is 0.111. The zero-order valence-corrected chi connectivity index (χ0v) is 7.55. The first-order valence-electron chi connectivity index (χ1n) is 4.68. The smallest absolute Gasteiger partial charge is 0.185 e. The topological polar surface area (TPSA) is 47.8 Å². The minimum atomic E-state index is 0.462. The van der Waals surface area contributed by atoms with Crippen molar-refractivity contribution in [3.8, 4) is 0 Å². The molecule has 0 saturated heterocycles. The van der Waals surface area contributed by atoms with Crippen LogP contribution < -0.4 is 0 Å². The number of pyridine rings is 1. The van der Waals surface area contributed by atoms with Gasteiger partial charge in [0.2, 0.25) is 0 Å². The van der Waals surface area contributed by atoms with Crippen molar-refractivity contribution >= 4 is 17.5 Å². The Kier molecular flexibility index (Phi) is 1.45. The summed E-state index contributed by atoms with van der Waals surface area (Å²) >= 11 is 0. The summed E-state index contributed by atoms with van der Waals surface area (Å²) in [7, 11) is 0. The third-order valence-corrected chi connectivity index (χ3v) is 2.51. The van der Waals surface area contributed by atoms with Crippen LogP contribution in [0.3, 0.4) is 0 Å². The van der Waals surface area contributed by atoms with E-state index in [0.717, 1.165) is 24.6 Å². The predicted octanol–water partition coefficient (Wildman–Crippen LogP) is 1.58. The second-order valence-corrected chi connectivity index (χ2v) is 3.54. The van der Waals surface area contributed by atoms with Gasteiger partial charge in [0.05, 0.1) is 5.52 Å². The van der Waals surface area contributed by atoms with Gasteiger partial charge in [-0.15, -0.1) is 0 Å². The summed E-state index contributed by atoms with van der Waals surface area (Å²) in [4.78, 5) is 19.1. The number of rotatable bonds is 2. The molecular formula is C10H9N3O. The third-order valence-electron chi connectivity index (χ3n) is 2.51. The van der Waals surface area contributed by atoms with Crippen LogP contribution >= 0.6 is 0 Å². The molecular weight excluding hydrogens is 178 g/mol. The number of aromatic nitrogens is 3. The predicted molar refractivity (Wildman–Crippen MR) is 51.2 cm³/mol. The first-order chi connectivity index (χ1) is 6.90. The number of fused-ring (bicyclic) bond motifs is 1. The van der Waals surface area contributed by atoms with Gasteiger partial charge < -0.3 is 4.57 Å². The van der Waals surface area contributed by atoms with Gasteiger partial charge in [0, 0.05) is 12.2 Å². The van der Waals surface area contributed by atoms with Crippen LogP contribution in [-0.2, 0) is 0 Å². The molecule has 14 heavy (non-hydrogen) atoms. The SMILES string of the molecule is O=Cc1nc2ncccc2n1C1CC1. The third kappa shape index (κ3) is 0.968. The van der Waals surface area contributed by atoms with E-state index in [4.69, 9.17) is 0 Å². The molecule has 4 heteroatoms. The van der Waals surface area contributed by atoms with Crippen LogP contribution in [0.1, 0.15) is 29.5 Å². The van der Waals surface area contributed by atoms with Gasteiger partial charge in [-0.3, -0.25) is 4.79 Å². The van der Waals surface area contributed by atoms with Crippen molar-refractivity contribution in [3.05, 3.63) is 24.2 Å². The van der Waals surface area contributed by atoms with Crippen molar-refractivity contribution < 1.29 is 4.79 Å². The fraction of sp³-hybridized carbons (Fsp3) is 0.300. The number of carbonyl (C=O) groups excluding carboxylic acids is 1. The molecule has 0 N–H and O–H groups in total. The molecule has 0 bridgehead atoms. The molecule has 1 aliphatic carbocycles. The Morgan fingerprint density at radius 3 is 3.07 bits per heavy atom. The van der Waals surface area contributed by atoms with Crippen LogP contribution in [0.5, 0.6) is 0 Å². The van der Waals surface area contributed by atoms with E-state index in [0.29, 0.717) is 17.5 Å². The summed E-state index contributed by atoms with van der Waals surface area (Å²) in [5, 5.41) is 0. The maximum Gasteiger partial charge on any atom is 0.185 e. The van der Waals surface area contributed by atoms with E-state index in [1.165, 1.54) is 0 Å². The van der Waals surface area contributed by atoms with Gasteiger partial charge in [0.1, 0.15) is 0 Å². The van der Waals surface area contributed by atoms with Gasteiger partial charge in [-0.05, 0) is 25.0 Å². The first kappa shape index (κ1) is 7.67. The van der Waals surface area contributed by atoms with Crippen molar-refractivity contribution in [1.29, 1.82) is 0 Å². The average Bonchev–Trinajstić information content (AvgIpc) is 2.98. The molecule has 0 aliphatic heterocycles. The zero-order chi connectivity index (χ0) is 9.54. The number of hydrogen-bond acceptors (Lipinski definition) is 3. The Balaban J connectivity index is 2.35. The highest BCUT2D eigenvalue weighted by Gasteiger charge is 2.28. The van der Waals surface area contributed by atoms with Gasteiger partial charge in [0.25, 0.3) is 0 Å². The quantitative estimate of drug-likeness (QED) is 0.670. The van der Waals surface area contributed by atoms with Gasteiger partial charge in [-0.2, -0.15) is 0 Å². The average molecular weight is 187 g/mol. The van der Waals surface area contributed by atoms with Crippen molar-refractivity contribution in [1.82, 2.24) is 14.5 Å². The molecule has 0 aromatic carbocycles. The lowest BCUT2D eigenvalue weighted by atomic mass is 10.4. The standard InChI is InChI=1S/C10H9N3O/c14-6-9-12-10-8(2-1-5-11-10)13(9)7-3-4-7/h1-2,5-7H,3-4H2. The lowest BCUT2D eigenvalue weighted by Crippen LogP contribution is -1.99. The number of imidazole rings is 1. The molecule has 0 radical (unpaired) electrons. The van der Waals surface area contributed by atoms with Crippen molar-refractivity contribution in [2.45, 2.75) is 18.9 Å². The molecule has 0 amide bonds. The summed E-state index contributed by atoms with van der Waals surface area (Å²) in [6, 6.07) is 4.29. The van der Waals surface area contributed by atoms with Gasteiger partial charge in [0.15, 0.2) is 17.8 Å². The van der Waals surface area contributed by atoms with Crippen LogP contribution in [0.4, 0.5) is 0 Å². The summed E-state index contributed by atoms with van der Waals surface area (Å²) in [6.07, 6.45) is 4.78. The largest absolute Gasteiger partial charge is 0.317 e. The Labute approximate surface area is 80.6 Å². The number of hydrogen-bond donors (Lipinski definition) is 0.